The minimum absolute atomic E-state index is 0.00156. The maximum absolute atomic E-state index is 13.3. The molecule has 18 heteroatoms. The Labute approximate surface area is 252 Å². The number of hydrogen-bond acceptors (Lipinski definition) is 11. The lowest BCUT2D eigenvalue weighted by molar-refractivity contribution is -0.940. The number of carboxylic acid groups (broad SMARTS) is 2. The predicted molar refractivity (Wildman–Crippen MR) is 151 cm³/mol. The SMILES string of the molecule is C[C@H](ON=C(C(=O)NC1C(=O)N2C(C(=O)O)=C(C[N+]34CCC(C(N)=O)(CC3)CC4)CSC12)c1nc(N)sc1Cl)C(=O)O. The highest BCUT2D eigenvalue weighted by molar-refractivity contribution is 8.00. The molecule has 3 amide bonds. The molecule has 4 fully saturated rings. The molecule has 0 aliphatic carbocycles. The number of nitrogens with one attached hydrogen (secondary N) is 1. The van der Waals surface area contributed by atoms with Gasteiger partial charge in [0.15, 0.2) is 10.8 Å². The van der Waals surface area contributed by atoms with Gasteiger partial charge in [0.1, 0.15) is 33.7 Å². The molecule has 1 aromatic heterocycles. The van der Waals surface area contributed by atoms with Crippen LogP contribution in [0.25, 0.3) is 0 Å². The molecule has 4 saturated heterocycles. The fourth-order valence-electron chi connectivity index (χ4n) is 5.92. The number of aliphatic carboxylic acids is 2. The number of fused-ring (bicyclic) bond motifs is 4. The Morgan fingerprint density at radius 3 is 2.43 bits per heavy atom. The van der Waals surface area contributed by atoms with Crippen LogP contribution in [0.15, 0.2) is 16.4 Å². The summed E-state index contributed by atoms with van der Waals surface area (Å²) in [6.45, 7) is 3.75. The Balaban J connectivity index is 1.34. The van der Waals surface area contributed by atoms with Crippen LogP contribution < -0.4 is 16.8 Å². The molecule has 0 radical (unpaired) electrons. The number of carbonyl (C=O) groups is 5. The molecule has 42 heavy (non-hydrogen) atoms. The fraction of sp³-hybridized carbons (Fsp3) is 0.542. The minimum atomic E-state index is -1.41. The number of carbonyl (C=O) groups excluding carboxylic acids is 3. The van der Waals surface area contributed by atoms with E-state index in [1.807, 2.05) is 0 Å². The number of aromatic nitrogens is 1. The van der Waals surface area contributed by atoms with Crippen molar-refractivity contribution >= 4 is 75.2 Å². The van der Waals surface area contributed by atoms with Gasteiger partial charge in [0, 0.05) is 30.6 Å². The Bertz CT molecular complexity index is 1420. The second kappa shape index (κ2) is 11.0. The molecule has 5 aliphatic heterocycles. The van der Waals surface area contributed by atoms with Crippen molar-refractivity contribution in [2.45, 2.75) is 43.7 Å². The normalized spacial score (nSPS) is 29.4. The van der Waals surface area contributed by atoms with Gasteiger partial charge in [-0.25, -0.2) is 14.6 Å². The zero-order chi connectivity index (χ0) is 30.6. The number of halogens is 1. The maximum atomic E-state index is 13.3. The topological polar surface area (TPSA) is 228 Å². The van der Waals surface area contributed by atoms with E-state index >= 15 is 0 Å². The Hall–Kier alpha value is -3.41. The number of carboxylic acids is 2. The summed E-state index contributed by atoms with van der Waals surface area (Å²) in [6.07, 6.45) is 0.547. The number of nitrogens with zero attached hydrogens (tertiary/aromatic N) is 4. The summed E-state index contributed by atoms with van der Waals surface area (Å²) >= 11 is 8.34. The molecule has 0 spiro atoms. The number of amides is 3. The molecule has 6 heterocycles. The maximum Gasteiger partial charge on any atom is 0.352 e. The van der Waals surface area contributed by atoms with E-state index in [1.165, 1.54) is 23.6 Å². The number of nitrogen functional groups attached to an aromatic ring is 1. The number of oxime groups is 1. The van der Waals surface area contributed by atoms with Crippen LogP contribution in [0.4, 0.5) is 5.13 Å². The van der Waals surface area contributed by atoms with E-state index in [1.54, 1.807) is 0 Å². The van der Waals surface area contributed by atoms with Gasteiger partial charge in [-0.3, -0.25) is 19.3 Å². The molecule has 0 aromatic carbocycles. The summed E-state index contributed by atoms with van der Waals surface area (Å²) in [5.74, 6) is -4.07. The number of primary amides is 1. The second-order valence-electron chi connectivity index (χ2n) is 10.9. The van der Waals surface area contributed by atoms with Crippen LogP contribution in [0.5, 0.6) is 0 Å². The number of hydrogen-bond donors (Lipinski definition) is 5. The van der Waals surface area contributed by atoms with Gasteiger partial charge in [-0.05, 0) is 6.92 Å². The molecule has 2 bridgehead atoms. The number of thiazole rings is 1. The Morgan fingerprint density at radius 2 is 1.90 bits per heavy atom. The van der Waals surface area contributed by atoms with Gasteiger partial charge in [-0.2, -0.15) is 0 Å². The number of piperidine rings is 3. The van der Waals surface area contributed by atoms with Crippen molar-refractivity contribution in [3.63, 3.8) is 0 Å². The third-order valence-corrected chi connectivity index (χ3v) is 10.9. The highest BCUT2D eigenvalue weighted by Gasteiger charge is 2.57. The highest BCUT2D eigenvalue weighted by Crippen LogP contribution is 2.46. The van der Waals surface area contributed by atoms with Gasteiger partial charge in [0.05, 0.1) is 25.0 Å². The number of β-lactam (4-membered cyclic amide) rings is 1. The Kier molecular flexibility index (Phi) is 7.88. The van der Waals surface area contributed by atoms with Gasteiger partial charge >= 0.3 is 11.9 Å². The molecule has 15 nitrogen and oxygen atoms in total. The van der Waals surface area contributed by atoms with Crippen LogP contribution in [0.1, 0.15) is 31.9 Å². The third-order valence-electron chi connectivity index (χ3n) is 8.47. The summed E-state index contributed by atoms with van der Waals surface area (Å²) in [4.78, 5) is 72.2. The minimum Gasteiger partial charge on any atom is -0.478 e. The Morgan fingerprint density at radius 1 is 1.26 bits per heavy atom. The molecule has 3 atom stereocenters. The van der Waals surface area contributed by atoms with Crippen LogP contribution in [-0.2, 0) is 28.8 Å². The summed E-state index contributed by atoms with van der Waals surface area (Å²) in [6, 6.07) is -1.09. The van der Waals surface area contributed by atoms with Crippen molar-refractivity contribution in [3.05, 3.63) is 21.3 Å². The van der Waals surface area contributed by atoms with Gasteiger partial charge < -0.3 is 36.3 Å². The van der Waals surface area contributed by atoms with E-state index in [0.717, 1.165) is 11.3 Å². The number of anilines is 1. The quantitative estimate of drug-likeness (QED) is 0.0971. The van der Waals surface area contributed by atoms with Gasteiger partial charge in [-0.1, -0.05) is 28.1 Å². The molecule has 5 aliphatic rings. The first kappa shape index (κ1) is 30.1. The summed E-state index contributed by atoms with van der Waals surface area (Å²) in [5, 5.41) is 24.7. The molecular formula is C24H29ClN7O8S2+. The molecule has 0 saturated carbocycles. The molecule has 226 valence electrons. The van der Waals surface area contributed by atoms with Gasteiger partial charge in [0.2, 0.25) is 12.0 Å². The lowest BCUT2D eigenvalue weighted by atomic mass is 9.70. The highest BCUT2D eigenvalue weighted by atomic mass is 35.5. The number of rotatable bonds is 10. The number of nitrogens with two attached hydrogens (primary N) is 2. The van der Waals surface area contributed by atoms with E-state index in [9.17, 15) is 29.1 Å². The fourth-order valence-corrected chi connectivity index (χ4v) is 8.19. The van der Waals surface area contributed by atoms with Crippen molar-refractivity contribution in [1.29, 1.82) is 0 Å². The van der Waals surface area contributed by atoms with E-state index in [4.69, 9.17) is 33.0 Å². The van der Waals surface area contributed by atoms with E-state index in [2.05, 4.69) is 15.5 Å². The first-order valence-corrected chi connectivity index (χ1v) is 15.3. The van der Waals surface area contributed by atoms with Crippen LogP contribution >= 0.6 is 34.7 Å². The van der Waals surface area contributed by atoms with Crippen LogP contribution in [0.2, 0.25) is 4.34 Å². The lowest BCUT2D eigenvalue weighted by Crippen LogP contribution is -2.71. The van der Waals surface area contributed by atoms with Crippen molar-refractivity contribution in [3.8, 4) is 0 Å². The van der Waals surface area contributed by atoms with Crippen molar-refractivity contribution in [2.75, 3.05) is 37.7 Å². The molecule has 2 unspecified atom stereocenters. The predicted octanol–water partition coefficient (Wildman–Crippen LogP) is -0.203. The van der Waals surface area contributed by atoms with Gasteiger partial charge in [-0.15, -0.1) is 11.8 Å². The smallest absolute Gasteiger partial charge is 0.352 e. The average Bonchev–Trinajstić information content (AvgIpc) is 3.28. The van der Waals surface area contributed by atoms with Crippen molar-refractivity contribution in [1.82, 2.24) is 15.2 Å². The zero-order valence-electron chi connectivity index (χ0n) is 22.4. The van der Waals surface area contributed by atoms with Gasteiger partial charge in [0.25, 0.3) is 11.8 Å². The molecule has 6 rings (SSSR count). The van der Waals surface area contributed by atoms with Crippen molar-refractivity contribution in [2.24, 2.45) is 16.3 Å². The van der Waals surface area contributed by atoms with Crippen LogP contribution in [-0.4, -0.2) is 109 Å². The van der Waals surface area contributed by atoms with E-state index in [0.29, 0.717) is 61.3 Å². The lowest BCUT2D eigenvalue weighted by Gasteiger charge is -2.55. The number of quaternary nitrogens is 1. The third kappa shape index (κ3) is 5.18. The standard InChI is InChI=1S/C24H28ClN7O8S2/c1-10(20(35)36)40-30-13(12-16(25)42-23(27)29-12)17(33)28-14-18(34)31-15(21(37)38)11(9-41-19(14)31)8-32-5-2-24(3-6-32,4-7-32)22(26)39/h10,14,19H,2-9H2,1H3,(H6-,26,27,28,29,33,35,36,37,38,39)/p+1/t10-,14?,19?,24?,32?/m0/s1. The second-order valence-corrected chi connectivity index (χ2v) is 13.6. The van der Waals surface area contributed by atoms with E-state index in [-0.39, 0.29) is 26.8 Å². The van der Waals surface area contributed by atoms with Crippen molar-refractivity contribution < 1.29 is 43.5 Å². The average molecular weight is 643 g/mol. The van der Waals surface area contributed by atoms with Crippen LogP contribution in [0.3, 0.4) is 0 Å². The molecule has 1 aromatic rings. The van der Waals surface area contributed by atoms with Crippen LogP contribution in [0, 0.1) is 5.41 Å². The van der Waals surface area contributed by atoms with E-state index < -0.39 is 52.4 Å². The largest absolute Gasteiger partial charge is 0.478 e. The summed E-state index contributed by atoms with van der Waals surface area (Å²) in [5.41, 5.74) is 10.8. The molecular weight excluding hydrogens is 614 g/mol. The number of thioether (sulfide) groups is 1. The first-order chi connectivity index (χ1) is 19.8. The molecule has 7 N–H and O–H groups in total. The summed E-state index contributed by atoms with van der Waals surface area (Å²) in [7, 11) is 0. The first-order valence-electron chi connectivity index (χ1n) is 13.0. The zero-order valence-corrected chi connectivity index (χ0v) is 24.8. The monoisotopic (exact) mass is 642 g/mol. The summed E-state index contributed by atoms with van der Waals surface area (Å²) < 4.78 is 0.638.